The SMILES string of the molecule is CC(C)(C)OC(=O)N1CCN(C(=O)OC(C)(C)C)C1=Nc1ccc2c(c1)Cc1cc(N=C3N(C(=O)OC(C)(C)C)CCN3C(=O)OC(C)(C)C)ccc1-2. The van der Waals surface area contributed by atoms with Crippen molar-refractivity contribution in [3.05, 3.63) is 47.5 Å². The third-order valence-corrected chi connectivity index (χ3v) is 7.82. The van der Waals surface area contributed by atoms with E-state index >= 15 is 0 Å². The van der Waals surface area contributed by atoms with Crippen LogP contribution in [0.1, 0.15) is 94.2 Å². The van der Waals surface area contributed by atoms with Crippen LogP contribution in [0, 0.1) is 0 Å². The highest BCUT2D eigenvalue weighted by Gasteiger charge is 2.41. The molecule has 14 heteroatoms. The largest absolute Gasteiger partial charge is 0.443 e. The molecular weight excluding hydrogens is 680 g/mol. The molecule has 0 unspecified atom stereocenters. The fraction of sp³-hybridized carbons (Fsp3) is 0.538. The average Bonchev–Trinajstić information content (AvgIpc) is 3.68. The molecule has 0 atom stereocenters. The molecule has 5 rings (SSSR count). The molecule has 14 nitrogen and oxygen atoms in total. The molecule has 0 bridgehead atoms. The van der Waals surface area contributed by atoms with E-state index in [1.165, 1.54) is 19.6 Å². The minimum absolute atomic E-state index is 0.128. The van der Waals surface area contributed by atoms with Crippen molar-refractivity contribution in [1.82, 2.24) is 19.6 Å². The highest BCUT2D eigenvalue weighted by atomic mass is 16.6. The van der Waals surface area contributed by atoms with E-state index in [1.807, 2.05) is 36.4 Å². The minimum Gasteiger partial charge on any atom is -0.443 e. The number of guanidine groups is 2. The predicted molar refractivity (Wildman–Crippen MR) is 201 cm³/mol. The summed E-state index contributed by atoms with van der Waals surface area (Å²) in [5.41, 5.74) is 2.10. The summed E-state index contributed by atoms with van der Waals surface area (Å²) in [5, 5.41) is 0. The van der Waals surface area contributed by atoms with Gasteiger partial charge >= 0.3 is 24.4 Å². The first-order valence-corrected chi connectivity index (χ1v) is 17.8. The summed E-state index contributed by atoms with van der Waals surface area (Å²) in [6.07, 6.45) is -1.88. The lowest BCUT2D eigenvalue weighted by atomic mass is 10.1. The summed E-state index contributed by atoms with van der Waals surface area (Å²) in [5.74, 6) is 0.255. The Kier molecular flexibility index (Phi) is 10.3. The van der Waals surface area contributed by atoms with Crippen LogP contribution in [0.3, 0.4) is 0 Å². The van der Waals surface area contributed by atoms with Gasteiger partial charge in [0.05, 0.1) is 37.6 Å². The van der Waals surface area contributed by atoms with Crippen LogP contribution in [0.5, 0.6) is 0 Å². The van der Waals surface area contributed by atoms with E-state index in [2.05, 4.69) is 0 Å². The lowest BCUT2D eigenvalue weighted by Gasteiger charge is -2.27. The van der Waals surface area contributed by atoms with E-state index in [-0.39, 0.29) is 38.1 Å². The molecule has 0 saturated carbocycles. The number of aliphatic imine (C=N–C) groups is 2. The van der Waals surface area contributed by atoms with Gasteiger partial charge in [-0.15, -0.1) is 0 Å². The fourth-order valence-corrected chi connectivity index (χ4v) is 5.85. The molecular formula is C39H52N6O8. The molecule has 286 valence electrons. The maximum atomic E-state index is 13.2. The molecule has 3 aliphatic rings. The first-order valence-electron chi connectivity index (χ1n) is 17.8. The third kappa shape index (κ3) is 9.65. The Morgan fingerprint density at radius 3 is 0.981 bits per heavy atom. The van der Waals surface area contributed by atoms with E-state index in [0.717, 1.165) is 22.3 Å². The number of rotatable bonds is 2. The zero-order valence-electron chi connectivity index (χ0n) is 32.9. The topological polar surface area (TPSA) is 143 Å². The smallest absolute Gasteiger partial charge is 0.417 e. The van der Waals surface area contributed by atoms with Crippen LogP contribution in [0.4, 0.5) is 30.6 Å². The Balaban J connectivity index is 1.45. The van der Waals surface area contributed by atoms with Crippen LogP contribution in [0.25, 0.3) is 11.1 Å². The van der Waals surface area contributed by atoms with E-state index < -0.39 is 46.8 Å². The van der Waals surface area contributed by atoms with Gasteiger partial charge in [0.15, 0.2) is 0 Å². The van der Waals surface area contributed by atoms with Crippen LogP contribution < -0.4 is 0 Å². The molecule has 1 aliphatic carbocycles. The summed E-state index contributed by atoms with van der Waals surface area (Å²) < 4.78 is 22.5. The van der Waals surface area contributed by atoms with E-state index in [0.29, 0.717) is 17.8 Å². The number of hydrogen-bond donors (Lipinski definition) is 0. The van der Waals surface area contributed by atoms with Gasteiger partial charge in [-0.1, -0.05) is 12.1 Å². The predicted octanol–water partition coefficient (Wildman–Crippen LogP) is 8.21. The molecule has 2 saturated heterocycles. The second-order valence-corrected chi connectivity index (χ2v) is 17.2. The van der Waals surface area contributed by atoms with Crippen LogP contribution in [0.2, 0.25) is 0 Å². The van der Waals surface area contributed by atoms with E-state index in [4.69, 9.17) is 28.9 Å². The number of fused-ring (bicyclic) bond motifs is 3. The van der Waals surface area contributed by atoms with Crippen LogP contribution in [-0.4, -0.2) is 104 Å². The zero-order valence-corrected chi connectivity index (χ0v) is 32.9. The average molecular weight is 733 g/mol. The van der Waals surface area contributed by atoms with E-state index in [1.54, 1.807) is 83.1 Å². The molecule has 2 aromatic carbocycles. The maximum absolute atomic E-state index is 13.2. The number of amides is 4. The van der Waals surface area contributed by atoms with Crippen LogP contribution in [0.15, 0.2) is 46.4 Å². The van der Waals surface area contributed by atoms with Gasteiger partial charge in [-0.05, 0) is 136 Å². The normalized spacial score (nSPS) is 16.0. The highest BCUT2D eigenvalue weighted by Crippen LogP contribution is 2.40. The second kappa shape index (κ2) is 14.0. The molecule has 0 spiro atoms. The first kappa shape index (κ1) is 39.1. The first-order chi connectivity index (χ1) is 24.4. The maximum Gasteiger partial charge on any atom is 0.417 e. The van der Waals surface area contributed by atoms with Gasteiger partial charge < -0.3 is 18.9 Å². The Hall–Kier alpha value is -5.14. The monoisotopic (exact) mass is 732 g/mol. The summed E-state index contributed by atoms with van der Waals surface area (Å²) in [6.45, 7) is 22.1. The molecule has 2 heterocycles. The van der Waals surface area contributed by atoms with Crippen LogP contribution >= 0.6 is 0 Å². The van der Waals surface area contributed by atoms with Crippen molar-refractivity contribution in [2.75, 3.05) is 26.2 Å². The van der Waals surface area contributed by atoms with Gasteiger partial charge in [0.1, 0.15) is 22.4 Å². The molecule has 0 radical (unpaired) electrons. The van der Waals surface area contributed by atoms with Crippen LogP contribution in [-0.2, 0) is 25.4 Å². The van der Waals surface area contributed by atoms with Gasteiger partial charge in [0.2, 0.25) is 11.9 Å². The Morgan fingerprint density at radius 2 is 0.736 bits per heavy atom. The minimum atomic E-state index is -0.746. The second-order valence-electron chi connectivity index (χ2n) is 17.2. The number of carbonyl (C=O) groups excluding carboxylic acids is 4. The molecule has 53 heavy (non-hydrogen) atoms. The summed E-state index contributed by atoms with van der Waals surface area (Å²) in [6, 6.07) is 11.5. The standard InChI is InChI=1S/C39H52N6O8/c1-36(2,3)50-32(46)42-17-18-43(33(47)51-37(4,5)6)30(42)40-26-13-15-28-24(22-26)21-25-23-27(14-16-29(25)28)41-31-44(34(48)52-38(7,8)9)19-20-45(31)35(49)53-39(10,11)12/h13-16,22-23H,17-21H2,1-12H3. The highest BCUT2D eigenvalue weighted by molar-refractivity contribution is 6.05. The number of nitrogens with zero attached hydrogens (tertiary/aromatic N) is 6. The summed E-state index contributed by atoms with van der Waals surface area (Å²) >= 11 is 0. The number of hydrogen-bond acceptors (Lipinski definition) is 10. The third-order valence-electron chi connectivity index (χ3n) is 7.82. The lowest BCUT2D eigenvalue weighted by Crippen LogP contribution is -2.44. The fourth-order valence-electron chi connectivity index (χ4n) is 5.85. The van der Waals surface area contributed by atoms with Crippen molar-refractivity contribution in [3.8, 4) is 11.1 Å². The molecule has 2 fully saturated rings. The molecule has 4 amide bonds. The Labute approximate surface area is 311 Å². The van der Waals surface area contributed by atoms with Crippen molar-refractivity contribution in [3.63, 3.8) is 0 Å². The van der Waals surface area contributed by atoms with Gasteiger partial charge in [-0.25, -0.2) is 48.8 Å². The van der Waals surface area contributed by atoms with Gasteiger partial charge in [0.25, 0.3) is 0 Å². The van der Waals surface area contributed by atoms with Crippen molar-refractivity contribution >= 4 is 47.7 Å². The number of benzene rings is 2. The van der Waals surface area contributed by atoms with Gasteiger partial charge in [-0.3, -0.25) is 0 Å². The van der Waals surface area contributed by atoms with Crippen molar-refractivity contribution in [2.45, 2.75) is 112 Å². The summed E-state index contributed by atoms with van der Waals surface area (Å²) in [4.78, 5) is 67.9. The quantitative estimate of drug-likeness (QED) is 0.240. The number of carbonyl (C=O) groups is 4. The molecule has 0 aromatic heterocycles. The van der Waals surface area contributed by atoms with Crippen molar-refractivity contribution < 1.29 is 38.1 Å². The summed E-state index contributed by atoms with van der Waals surface area (Å²) in [7, 11) is 0. The van der Waals surface area contributed by atoms with Gasteiger partial charge in [0, 0.05) is 0 Å². The molecule has 2 aromatic rings. The molecule has 0 N–H and O–H groups in total. The Morgan fingerprint density at radius 1 is 0.472 bits per heavy atom. The number of ether oxygens (including phenoxy) is 4. The van der Waals surface area contributed by atoms with Crippen molar-refractivity contribution in [2.24, 2.45) is 9.98 Å². The Bertz CT molecular complexity index is 1650. The zero-order chi connectivity index (χ0) is 39.3. The van der Waals surface area contributed by atoms with Gasteiger partial charge in [-0.2, -0.15) is 0 Å². The lowest BCUT2D eigenvalue weighted by molar-refractivity contribution is 0.0351. The van der Waals surface area contributed by atoms with E-state index in [9.17, 15) is 19.2 Å². The molecule has 2 aliphatic heterocycles. The van der Waals surface area contributed by atoms with Crippen molar-refractivity contribution in [1.29, 1.82) is 0 Å².